The van der Waals surface area contributed by atoms with Gasteiger partial charge in [0.1, 0.15) is 0 Å². The number of benzene rings is 1. The standard InChI is InChI=1S/C15H19NO4S/c1-9-2-7-12(8-13(9)15(17)18)21(19,20)16-14(10-3-4-10)11-5-6-11/h2,7-8,10-11,14,16H,3-6H2,1H3,(H,17,18). The van der Waals surface area contributed by atoms with E-state index in [9.17, 15) is 13.2 Å². The first-order chi connectivity index (χ1) is 9.88. The maximum Gasteiger partial charge on any atom is 0.335 e. The molecule has 114 valence electrons. The molecule has 0 radical (unpaired) electrons. The van der Waals surface area contributed by atoms with Gasteiger partial charge in [-0.25, -0.2) is 17.9 Å². The first kappa shape index (κ1) is 14.5. The zero-order valence-electron chi connectivity index (χ0n) is 11.9. The number of carboxylic acids is 1. The van der Waals surface area contributed by atoms with Gasteiger partial charge in [0, 0.05) is 6.04 Å². The summed E-state index contributed by atoms with van der Waals surface area (Å²) >= 11 is 0. The maximum absolute atomic E-state index is 12.5. The van der Waals surface area contributed by atoms with E-state index in [1.165, 1.54) is 12.1 Å². The van der Waals surface area contributed by atoms with Crippen LogP contribution in [0.1, 0.15) is 41.6 Å². The predicted octanol–water partition coefficient (Wildman–Crippen LogP) is 2.16. The molecule has 0 spiro atoms. The van der Waals surface area contributed by atoms with Crippen LogP contribution in [0.5, 0.6) is 0 Å². The van der Waals surface area contributed by atoms with Crippen LogP contribution >= 0.6 is 0 Å². The van der Waals surface area contributed by atoms with Gasteiger partial charge >= 0.3 is 5.97 Å². The Morgan fingerprint density at radius 2 is 1.81 bits per heavy atom. The Bertz CT molecular complexity index is 663. The number of hydrogen-bond donors (Lipinski definition) is 2. The van der Waals surface area contributed by atoms with E-state index in [1.807, 2.05) is 0 Å². The van der Waals surface area contributed by atoms with Crippen LogP contribution in [0, 0.1) is 18.8 Å². The number of aromatic carboxylic acids is 1. The molecule has 2 aliphatic carbocycles. The van der Waals surface area contributed by atoms with Gasteiger partial charge in [-0.2, -0.15) is 0 Å². The fourth-order valence-electron chi connectivity index (χ4n) is 2.73. The van der Waals surface area contributed by atoms with E-state index >= 15 is 0 Å². The van der Waals surface area contributed by atoms with E-state index in [0.29, 0.717) is 17.4 Å². The molecular weight excluding hydrogens is 290 g/mol. The molecule has 0 aliphatic heterocycles. The van der Waals surface area contributed by atoms with Gasteiger partial charge in [0.05, 0.1) is 10.5 Å². The van der Waals surface area contributed by atoms with Gasteiger partial charge in [0.2, 0.25) is 10.0 Å². The quantitative estimate of drug-likeness (QED) is 0.843. The lowest BCUT2D eigenvalue weighted by atomic mass is 10.1. The van der Waals surface area contributed by atoms with E-state index in [-0.39, 0.29) is 16.5 Å². The normalized spacial score (nSPS) is 19.0. The molecule has 0 heterocycles. The van der Waals surface area contributed by atoms with Crippen molar-refractivity contribution in [2.45, 2.75) is 43.5 Å². The second-order valence-corrected chi connectivity index (χ2v) is 7.82. The van der Waals surface area contributed by atoms with Crippen molar-refractivity contribution in [3.8, 4) is 0 Å². The summed E-state index contributed by atoms with van der Waals surface area (Å²) in [5.74, 6) is -0.196. The molecule has 0 atom stereocenters. The van der Waals surface area contributed by atoms with Crippen LogP contribution < -0.4 is 4.72 Å². The Kier molecular flexibility index (Phi) is 3.53. The van der Waals surface area contributed by atoms with Gasteiger partial charge < -0.3 is 5.11 Å². The molecule has 0 amide bonds. The van der Waals surface area contributed by atoms with Gasteiger partial charge in [-0.1, -0.05) is 6.07 Å². The fourth-order valence-corrected chi connectivity index (χ4v) is 4.13. The molecule has 0 unspecified atom stereocenters. The Morgan fingerprint density at radius 1 is 1.24 bits per heavy atom. The predicted molar refractivity (Wildman–Crippen MR) is 77.7 cm³/mol. The molecule has 1 aromatic rings. The number of rotatable bonds is 6. The summed E-state index contributed by atoms with van der Waals surface area (Å²) in [6, 6.07) is 4.28. The van der Waals surface area contributed by atoms with E-state index in [2.05, 4.69) is 4.72 Å². The van der Waals surface area contributed by atoms with E-state index in [4.69, 9.17) is 5.11 Å². The average molecular weight is 309 g/mol. The molecule has 5 nitrogen and oxygen atoms in total. The highest BCUT2D eigenvalue weighted by molar-refractivity contribution is 7.89. The topological polar surface area (TPSA) is 83.5 Å². The molecule has 21 heavy (non-hydrogen) atoms. The third kappa shape index (κ3) is 3.11. The third-order valence-electron chi connectivity index (χ3n) is 4.30. The highest BCUT2D eigenvalue weighted by Crippen LogP contribution is 2.45. The van der Waals surface area contributed by atoms with Crippen LogP contribution in [-0.4, -0.2) is 25.5 Å². The number of sulfonamides is 1. The smallest absolute Gasteiger partial charge is 0.335 e. The summed E-state index contributed by atoms with van der Waals surface area (Å²) < 4.78 is 27.8. The highest BCUT2D eigenvalue weighted by Gasteiger charge is 2.43. The van der Waals surface area contributed by atoms with Crippen LogP contribution in [0.15, 0.2) is 23.1 Å². The van der Waals surface area contributed by atoms with Gasteiger partial charge in [-0.15, -0.1) is 0 Å². The van der Waals surface area contributed by atoms with Gasteiger partial charge in [0.15, 0.2) is 0 Å². The molecular formula is C15H19NO4S. The van der Waals surface area contributed by atoms with Gasteiger partial charge in [-0.3, -0.25) is 0 Å². The van der Waals surface area contributed by atoms with Crippen molar-refractivity contribution in [1.29, 1.82) is 0 Å². The van der Waals surface area contributed by atoms with Crippen molar-refractivity contribution in [3.63, 3.8) is 0 Å². The van der Waals surface area contributed by atoms with Crippen LogP contribution in [0.2, 0.25) is 0 Å². The molecule has 2 aliphatic rings. The fraction of sp³-hybridized carbons (Fsp3) is 0.533. The minimum absolute atomic E-state index is 0.0181. The molecule has 6 heteroatoms. The zero-order valence-corrected chi connectivity index (χ0v) is 12.7. The van der Waals surface area contributed by atoms with Crippen LogP contribution in [0.3, 0.4) is 0 Å². The van der Waals surface area contributed by atoms with E-state index in [1.54, 1.807) is 13.0 Å². The summed E-state index contributed by atoms with van der Waals surface area (Å²) in [7, 11) is -3.66. The van der Waals surface area contributed by atoms with Crippen molar-refractivity contribution >= 4 is 16.0 Å². The molecule has 0 aromatic heterocycles. The van der Waals surface area contributed by atoms with Crippen molar-refractivity contribution < 1.29 is 18.3 Å². The van der Waals surface area contributed by atoms with Crippen molar-refractivity contribution in [2.24, 2.45) is 11.8 Å². The van der Waals surface area contributed by atoms with Gasteiger partial charge in [-0.05, 0) is 62.1 Å². The Hall–Kier alpha value is -1.40. The average Bonchev–Trinajstić information content (AvgIpc) is 3.27. The van der Waals surface area contributed by atoms with Crippen LogP contribution in [0.25, 0.3) is 0 Å². The molecule has 0 bridgehead atoms. The summed E-state index contributed by atoms with van der Waals surface area (Å²) in [6.07, 6.45) is 4.33. The number of carbonyl (C=O) groups is 1. The number of hydrogen-bond acceptors (Lipinski definition) is 3. The maximum atomic E-state index is 12.5. The van der Waals surface area contributed by atoms with Gasteiger partial charge in [0.25, 0.3) is 0 Å². The lowest BCUT2D eigenvalue weighted by molar-refractivity contribution is 0.0696. The first-order valence-corrected chi connectivity index (χ1v) is 8.73. The third-order valence-corrected chi connectivity index (χ3v) is 5.76. The molecule has 2 saturated carbocycles. The minimum Gasteiger partial charge on any atom is -0.478 e. The second kappa shape index (κ2) is 5.10. The van der Waals surface area contributed by atoms with Crippen molar-refractivity contribution in [2.75, 3.05) is 0 Å². The summed E-state index contributed by atoms with van der Waals surface area (Å²) in [5, 5.41) is 9.12. The lowest BCUT2D eigenvalue weighted by Crippen LogP contribution is -2.38. The lowest BCUT2D eigenvalue weighted by Gasteiger charge is -2.18. The van der Waals surface area contributed by atoms with E-state index in [0.717, 1.165) is 25.7 Å². The largest absolute Gasteiger partial charge is 0.478 e. The zero-order chi connectivity index (χ0) is 15.2. The number of carboxylic acid groups (broad SMARTS) is 1. The molecule has 2 fully saturated rings. The minimum atomic E-state index is -3.66. The van der Waals surface area contributed by atoms with Crippen molar-refractivity contribution in [1.82, 2.24) is 4.72 Å². The monoisotopic (exact) mass is 309 g/mol. The number of nitrogens with one attached hydrogen (secondary N) is 1. The van der Waals surface area contributed by atoms with Crippen LogP contribution in [0.4, 0.5) is 0 Å². The Morgan fingerprint density at radius 3 is 2.29 bits per heavy atom. The van der Waals surface area contributed by atoms with E-state index < -0.39 is 16.0 Å². The first-order valence-electron chi connectivity index (χ1n) is 7.25. The Balaban J connectivity index is 1.87. The van der Waals surface area contributed by atoms with Crippen molar-refractivity contribution in [3.05, 3.63) is 29.3 Å². The summed E-state index contributed by atoms with van der Waals surface area (Å²) in [5.41, 5.74) is 0.592. The summed E-state index contributed by atoms with van der Waals surface area (Å²) in [4.78, 5) is 11.2. The Labute approximate surface area is 124 Å². The highest BCUT2D eigenvalue weighted by atomic mass is 32.2. The molecule has 3 rings (SSSR count). The number of aryl methyl sites for hydroxylation is 1. The summed E-state index contributed by atoms with van der Waals surface area (Å²) in [6.45, 7) is 1.66. The van der Waals surface area contributed by atoms with Crippen LogP contribution in [-0.2, 0) is 10.0 Å². The molecule has 1 aromatic carbocycles. The second-order valence-electron chi connectivity index (χ2n) is 6.10. The molecule has 2 N–H and O–H groups in total. The molecule has 0 saturated heterocycles. The SMILES string of the molecule is Cc1ccc(S(=O)(=O)NC(C2CC2)C2CC2)cc1C(=O)O.